The Morgan fingerprint density at radius 1 is 0.792 bits per heavy atom. The molecule has 1 atom stereocenters. The van der Waals surface area contributed by atoms with Crippen molar-refractivity contribution >= 4 is 27.5 Å². The van der Waals surface area contributed by atoms with Crippen LogP contribution in [-0.2, 0) is 32.6 Å². The van der Waals surface area contributed by atoms with Gasteiger partial charge >= 0.3 is 0 Å². The fourth-order valence-corrected chi connectivity index (χ4v) is 7.52. The number of hydrogen-bond donors (Lipinski definition) is 1. The summed E-state index contributed by atoms with van der Waals surface area (Å²) in [5.74, 6) is -0.161. The monoisotopic (exact) mass is 667 g/mol. The highest BCUT2D eigenvalue weighted by atomic mass is 32.2. The second-order valence-electron chi connectivity index (χ2n) is 12.6. The fourth-order valence-electron chi connectivity index (χ4n) is 6.10. The third-order valence-electron chi connectivity index (χ3n) is 8.94. The lowest BCUT2D eigenvalue weighted by Gasteiger charge is -2.35. The van der Waals surface area contributed by atoms with E-state index in [0.717, 1.165) is 58.7 Å². The van der Waals surface area contributed by atoms with Gasteiger partial charge in [0.25, 0.3) is 10.0 Å². The van der Waals surface area contributed by atoms with E-state index in [-0.39, 0.29) is 29.8 Å². The Hall–Kier alpha value is -4.63. The van der Waals surface area contributed by atoms with E-state index in [1.807, 2.05) is 68.4 Å². The van der Waals surface area contributed by atoms with E-state index in [9.17, 15) is 18.0 Å². The summed E-state index contributed by atoms with van der Waals surface area (Å²) >= 11 is 0. The van der Waals surface area contributed by atoms with Crippen molar-refractivity contribution in [3.63, 3.8) is 0 Å². The first-order valence-electron chi connectivity index (χ1n) is 16.6. The van der Waals surface area contributed by atoms with Crippen molar-refractivity contribution in [3.05, 3.63) is 125 Å². The minimum absolute atomic E-state index is 0.0403. The molecule has 1 N–H and O–H groups in total. The number of sulfonamides is 1. The molecule has 0 radical (unpaired) electrons. The Morgan fingerprint density at radius 2 is 1.40 bits per heavy atom. The lowest BCUT2D eigenvalue weighted by molar-refractivity contribution is -0.140. The molecule has 4 aromatic carbocycles. The SMILES string of the molecule is COc1ccc(N(CC(=O)N(Cc2ccc(C)cc2)[C@H](Cc2ccccc2)C(=O)NC2CCCCC2)S(=O)(=O)c2ccc(C)cc2)cc1. The van der Waals surface area contributed by atoms with Gasteiger partial charge in [-0.1, -0.05) is 97.1 Å². The van der Waals surface area contributed by atoms with Gasteiger partial charge in [-0.25, -0.2) is 8.42 Å². The summed E-state index contributed by atoms with van der Waals surface area (Å²) in [6, 6.07) is 29.8. The second kappa shape index (κ2) is 16.0. The van der Waals surface area contributed by atoms with E-state index in [0.29, 0.717) is 11.4 Å². The highest BCUT2D eigenvalue weighted by molar-refractivity contribution is 7.92. The number of nitrogens with one attached hydrogen (secondary N) is 1. The summed E-state index contributed by atoms with van der Waals surface area (Å²) in [5, 5.41) is 3.25. The molecule has 1 fully saturated rings. The van der Waals surface area contributed by atoms with Crippen molar-refractivity contribution in [3.8, 4) is 5.75 Å². The first-order chi connectivity index (χ1) is 23.1. The molecular formula is C39H45N3O5S. The van der Waals surface area contributed by atoms with Gasteiger partial charge in [-0.2, -0.15) is 0 Å². The summed E-state index contributed by atoms with van der Waals surface area (Å²) in [4.78, 5) is 30.5. The Balaban J connectivity index is 1.56. The number of ether oxygens (including phenoxy) is 1. The number of anilines is 1. The summed E-state index contributed by atoms with van der Waals surface area (Å²) in [6.07, 6.45) is 5.33. The van der Waals surface area contributed by atoms with Crippen LogP contribution in [0.25, 0.3) is 0 Å². The molecule has 0 aliphatic heterocycles. The summed E-state index contributed by atoms with van der Waals surface area (Å²) < 4.78 is 34.9. The molecule has 0 saturated heterocycles. The molecule has 0 unspecified atom stereocenters. The third-order valence-corrected chi connectivity index (χ3v) is 10.7. The van der Waals surface area contributed by atoms with Crippen molar-refractivity contribution in [1.82, 2.24) is 10.2 Å². The van der Waals surface area contributed by atoms with E-state index >= 15 is 0 Å². The summed E-state index contributed by atoms with van der Waals surface area (Å²) in [6.45, 7) is 3.51. The maximum atomic E-state index is 14.7. The Kier molecular flexibility index (Phi) is 11.5. The molecule has 48 heavy (non-hydrogen) atoms. The number of rotatable bonds is 13. The van der Waals surface area contributed by atoms with Crippen LogP contribution >= 0.6 is 0 Å². The highest BCUT2D eigenvalue weighted by Gasteiger charge is 2.35. The van der Waals surface area contributed by atoms with Crippen LogP contribution in [0, 0.1) is 13.8 Å². The smallest absolute Gasteiger partial charge is 0.264 e. The molecular weight excluding hydrogens is 623 g/mol. The number of benzene rings is 4. The Labute approximate surface area is 284 Å². The normalized spacial score (nSPS) is 14.1. The lowest BCUT2D eigenvalue weighted by Crippen LogP contribution is -2.55. The van der Waals surface area contributed by atoms with Gasteiger partial charge in [0.05, 0.1) is 17.7 Å². The number of carbonyl (C=O) groups is 2. The van der Waals surface area contributed by atoms with Crippen molar-refractivity contribution in [1.29, 1.82) is 0 Å². The van der Waals surface area contributed by atoms with Gasteiger partial charge in [0.15, 0.2) is 0 Å². The molecule has 1 aliphatic carbocycles. The van der Waals surface area contributed by atoms with Crippen LogP contribution in [0.15, 0.2) is 108 Å². The third kappa shape index (κ3) is 8.83. The van der Waals surface area contributed by atoms with Crippen LogP contribution in [0.4, 0.5) is 5.69 Å². The van der Waals surface area contributed by atoms with Crippen molar-refractivity contribution in [2.45, 2.75) is 75.9 Å². The molecule has 0 aromatic heterocycles. The molecule has 5 rings (SSSR count). The number of amides is 2. The van der Waals surface area contributed by atoms with Crippen LogP contribution in [0.2, 0.25) is 0 Å². The van der Waals surface area contributed by atoms with Crippen molar-refractivity contribution in [2.75, 3.05) is 18.0 Å². The first-order valence-corrected chi connectivity index (χ1v) is 18.0. The van der Waals surface area contributed by atoms with Crippen LogP contribution in [0.3, 0.4) is 0 Å². The van der Waals surface area contributed by atoms with Gasteiger partial charge in [0.2, 0.25) is 11.8 Å². The van der Waals surface area contributed by atoms with E-state index in [2.05, 4.69) is 5.32 Å². The number of nitrogens with zero attached hydrogens (tertiary/aromatic N) is 2. The average Bonchev–Trinajstić information content (AvgIpc) is 3.10. The number of hydrogen-bond acceptors (Lipinski definition) is 5. The van der Waals surface area contributed by atoms with Gasteiger partial charge in [-0.05, 0) is 74.2 Å². The molecule has 0 bridgehead atoms. The molecule has 1 aliphatic rings. The minimum atomic E-state index is -4.18. The average molecular weight is 668 g/mol. The van der Waals surface area contributed by atoms with Gasteiger partial charge in [-0.3, -0.25) is 13.9 Å². The molecule has 0 heterocycles. The van der Waals surface area contributed by atoms with Gasteiger partial charge in [0.1, 0.15) is 18.3 Å². The molecule has 4 aromatic rings. The highest BCUT2D eigenvalue weighted by Crippen LogP contribution is 2.27. The maximum Gasteiger partial charge on any atom is 0.264 e. The molecule has 8 nitrogen and oxygen atoms in total. The largest absolute Gasteiger partial charge is 0.497 e. The van der Waals surface area contributed by atoms with Gasteiger partial charge < -0.3 is 15.0 Å². The summed E-state index contributed by atoms with van der Waals surface area (Å²) in [7, 11) is -2.65. The predicted molar refractivity (Wildman–Crippen MR) is 189 cm³/mol. The van der Waals surface area contributed by atoms with Gasteiger partial charge in [-0.15, -0.1) is 0 Å². The molecule has 9 heteroatoms. The zero-order chi connectivity index (χ0) is 34.1. The van der Waals surface area contributed by atoms with E-state index in [1.165, 1.54) is 7.11 Å². The standard InChI is InChI=1S/C39H45N3O5S/c1-29-14-18-32(19-15-29)27-41(37(26-31-10-6-4-7-11-31)39(44)40-33-12-8-5-9-13-33)38(43)28-42(34-20-22-35(47-3)23-21-34)48(45,46)36-24-16-30(2)17-25-36/h4,6-7,10-11,14-25,33,37H,5,8-9,12-13,26-28H2,1-3H3,(H,40,44)/t37-/m1/s1. The number of methoxy groups -OCH3 is 1. The van der Waals surface area contributed by atoms with Gasteiger partial charge in [0, 0.05) is 19.0 Å². The van der Waals surface area contributed by atoms with E-state index < -0.39 is 28.5 Å². The predicted octanol–water partition coefficient (Wildman–Crippen LogP) is 6.60. The second-order valence-corrected chi connectivity index (χ2v) is 14.4. The molecule has 0 spiro atoms. The van der Waals surface area contributed by atoms with Crippen LogP contribution in [0.5, 0.6) is 5.75 Å². The Bertz CT molecular complexity index is 1750. The van der Waals surface area contributed by atoms with E-state index in [1.54, 1.807) is 53.4 Å². The zero-order valence-electron chi connectivity index (χ0n) is 28.0. The van der Waals surface area contributed by atoms with Crippen molar-refractivity contribution in [2.24, 2.45) is 0 Å². The van der Waals surface area contributed by atoms with Crippen LogP contribution < -0.4 is 14.4 Å². The molecule has 2 amide bonds. The number of aryl methyl sites for hydroxylation is 2. The van der Waals surface area contributed by atoms with Crippen LogP contribution in [0.1, 0.15) is 54.4 Å². The Morgan fingerprint density at radius 3 is 2.00 bits per heavy atom. The quantitative estimate of drug-likeness (QED) is 0.174. The zero-order valence-corrected chi connectivity index (χ0v) is 28.8. The maximum absolute atomic E-state index is 14.7. The van der Waals surface area contributed by atoms with Crippen LogP contribution in [-0.4, -0.2) is 50.9 Å². The minimum Gasteiger partial charge on any atom is -0.497 e. The molecule has 1 saturated carbocycles. The number of carbonyl (C=O) groups excluding carboxylic acids is 2. The first kappa shape index (κ1) is 34.7. The van der Waals surface area contributed by atoms with Crippen molar-refractivity contribution < 1.29 is 22.7 Å². The van der Waals surface area contributed by atoms with E-state index in [4.69, 9.17) is 4.74 Å². The lowest BCUT2D eigenvalue weighted by atomic mass is 9.94. The topological polar surface area (TPSA) is 96.0 Å². The summed E-state index contributed by atoms with van der Waals surface area (Å²) in [5.41, 5.74) is 4.05. The fraction of sp³-hybridized carbons (Fsp3) is 0.333. The molecule has 252 valence electrons.